The van der Waals surface area contributed by atoms with Gasteiger partial charge in [-0.3, -0.25) is 14.1 Å². The highest BCUT2D eigenvalue weighted by molar-refractivity contribution is 5.47. The number of fused-ring (bicyclic) bond motifs is 1. The quantitative estimate of drug-likeness (QED) is 0.806. The van der Waals surface area contributed by atoms with E-state index in [0.717, 1.165) is 13.0 Å². The summed E-state index contributed by atoms with van der Waals surface area (Å²) in [6, 6.07) is 18.1. The number of likely N-dealkylation sites (N-methyl/N-ethyl adjacent to an activating group) is 1. The number of nitrogens with one attached hydrogen (secondary N) is 1. The first-order chi connectivity index (χ1) is 11.7. The zero-order valence-corrected chi connectivity index (χ0v) is 13.6. The van der Waals surface area contributed by atoms with Crippen LogP contribution in [0.15, 0.2) is 65.6 Å². The number of hydrogen-bond donors (Lipinski definition) is 1. The van der Waals surface area contributed by atoms with Crippen molar-refractivity contribution in [2.45, 2.75) is 18.5 Å². The van der Waals surface area contributed by atoms with E-state index in [2.05, 4.69) is 46.5 Å². The van der Waals surface area contributed by atoms with Crippen molar-refractivity contribution in [1.82, 2.24) is 14.3 Å². The largest absolute Gasteiger partial charge is 0.365 e. The Bertz CT molecular complexity index is 906. The van der Waals surface area contributed by atoms with Crippen molar-refractivity contribution in [3.8, 4) is 0 Å². The Hall–Kier alpha value is -2.66. The number of benzene rings is 1. The van der Waals surface area contributed by atoms with Gasteiger partial charge in [0, 0.05) is 24.8 Å². The Morgan fingerprint density at radius 3 is 2.75 bits per heavy atom. The molecule has 0 spiro atoms. The number of pyridine rings is 1. The van der Waals surface area contributed by atoms with Crippen LogP contribution in [0.4, 0.5) is 5.82 Å². The molecule has 1 aromatic carbocycles. The average molecular weight is 320 g/mol. The third-order valence-corrected chi connectivity index (χ3v) is 4.69. The number of anilines is 1. The Morgan fingerprint density at radius 1 is 1.12 bits per heavy atom. The molecule has 0 unspecified atom stereocenters. The lowest BCUT2D eigenvalue weighted by Gasteiger charge is -2.26. The van der Waals surface area contributed by atoms with Crippen molar-refractivity contribution in [1.29, 1.82) is 0 Å². The van der Waals surface area contributed by atoms with Crippen LogP contribution in [0.3, 0.4) is 0 Å². The van der Waals surface area contributed by atoms with Crippen LogP contribution in [0.2, 0.25) is 0 Å². The van der Waals surface area contributed by atoms with Gasteiger partial charge in [-0.1, -0.05) is 36.4 Å². The summed E-state index contributed by atoms with van der Waals surface area (Å²) >= 11 is 0. The maximum absolute atomic E-state index is 12.3. The van der Waals surface area contributed by atoms with Crippen LogP contribution in [-0.2, 0) is 0 Å². The molecule has 0 amide bonds. The van der Waals surface area contributed by atoms with Gasteiger partial charge in [0.2, 0.25) is 0 Å². The molecule has 122 valence electrons. The van der Waals surface area contributed by atoms with Crippen LogP contribution in [0.1, 0.15) is 18.0 Å². The number of nitrogens with zero attached hydrogens (tertiary/aromatic N) is 3. The topological polar surface area (TPSA) is 49.6 Å². The van der Waals surface area contributed by atoms with E-state index in [1.54, 1.807) is 16.7 Å². The molecule has 1 aliphatic heterocycles. The monoisotopic (exact) mass is 320 g/mol. The smallest absolute Gasteiger partial charge is 0.259 e. The van der Waals surface area contributed by atoms with Gasteiger partial charge in [0.15, 0.2) is 0 Å². The molecule has 3 heterocycles. The molecule has 3 aromatic rings. The minimum absolute atomic E-state index is 0.0642. The van der Waals surface area contributed by atoms with Gasteiger partial charge < -0.3 is 5.32 Å². The zero-order valence-electron chi connectivity index (χ0n) is 13.6. The fourth-order valence-electron chi connectivity index (χ4n) is 3.55. The molecule has 1 aliphatic rings. The van der Waals surface area contributed by atoms with Crippen LogP contribution in [0.5, 0.6) is 0 Å². The van der Waals surface area contributed by atoms with E-state index in [-0.39, 0.29) is 17.6 Å². The summed E-state index contributed by atoms with van der Waals surface area (Å²) < 4.78 is 1.56. The molecule has 1 N–H and O–H groups in total. The standard InChI is InChI=1S/C19H20N4O/c1-22-12-10-15(19(22)14-7-3-2-4-8-14)20-16-13-18(24)23-11-6-5-9-17(23)21-16/h2-9,11,13,15,19-20H,10,12H2,1H3/t15-,19+/m1/s1. The Morgan fingerprint density at radius 2 is 1.92 bits per heavy atom. The lowest BCUT2D eigenvalue weighted by atomic mass is 10.0. The van der Waals surface area contributed by atoms with Crippen molar-refractivity contribution < 1.29 is 0 Å². The highest BCUT2D eigenvalue weighted by Crippen LogP contribution is 2.32. The van der Waals surface area contributed by atoms with Gasteiger partial charge in [0.05, 0.1) is 6.04 Å². The summed E-state index contributed by atoms with van der Waals surface area (Å²) in [4.78, 5) is 19.2. The van der Waals surface area contributed by atoms with E-state index < -0.39 is 0 Å². The fourth-order valence-corrected chi connectivity index (χ4v) is 3.55. The highest BCUT2D eigenvalue weighted by Gasteiger charge is 2.33. The van der Waals surface area contributed by atoms with Crippen molar-refractivity contribution in [3.05, 3.63) is 76.7 Å². The third kappa shape index (κ3) is 2.67. The van der Waals surface area contributed by atoms with E-state index in [4.69, 9.17) is 0 Å². The average Bonchev–Trinajstić information content (AvgIpc) is 2.96. The van der Waals surface area contributed by atoms with Gasteiger partial charge in [-0.05, 0) is 31.2 Å². The minimum atomic E-state index is -0.0642. The molecule has 0 bridgehead atoms. The number of aromatic nitrogens is 2. The van der Waals surface area contributed by atoms with Crippen molar-refractivity contribution >= 4 is 11.5 Å². The fraction of sp³-hybridized carbons (Fsp3) is 0.263. The molecule has 4 rings (SSSR count). The maximum Gasteiger partial charge on any atom is 0.259 e. The zero-order chi connectivity index (χ0) is 16.5. The van der Waals surface area contributed by atoms with E-state index >= 15 is 0 Å². The predicted molar refractivity (Wildman–Crippen MR) is 95.3 cm³/mol. The molecular formula is C19H20N4O. The molecule has 5 nitrogen and oxygen atoms in total. The molecule has 1 fully saturated rings. The van der Waals surface area contributed by atoms with Gasteiger partial charge in [-0.25, -0.2) is 4.98 Å². The Balaban J connectivity index is 1.66. The minimum Gasteiger partial charge on any atom is -0.365 e. The van der Waals surface area contributed by atoms with Crippen molar-refractivity contribution in [2.75, 3.05) is 18.9 Å². The Labute approximate surface area is 140 Å². The first-order valence-corrected chi connectivity index (χ1v) is 8.22. The second-order valence-electron chi connectivity index (χ2n) is 6.28. The normalized spacial score (nSPS) is 21.2. The van der Waals surface area contributed by atoms with Crippen LogP contribution in [-0.4, -0.2) is 33.9 Å². The first kappa shape index (κ1) is 14.9. The number of rotatable bonds is 3. The Kier molecular flexibility index (Phi) is 3.78. The maximum atomic E-state index is 12.3. The van der Waals surface area contributed by atoms with E-state index in [1.165, 1.54) is 5.56 Å². The van der Waals surface area contributed by atoms with E-state index in [9.17, 15) is 4.79 Å². The molecule has 5 heteroatoms. The molecule has 0 saturated carbocycles. The van der Waals surface area contributed by atoms with Crippen LogP contribution < -0.4 is 10.9 Å². The lowest BCUT2D eigenvalue weighted by Crippen LogP contribution is -2.30. The molecule has 2 atom stereocenters. The molecule has 1 saturated heterocycles. The first-order valence-electron chi connectivity index (χ1n) is 8.22. The summed E-state index contributed by atoms with van der Waals surface area (Å²) in [6.45, 7) is 1.02. The summed E-state index contributed by atoms with van der Waals surface area (Å²) in [6.07, 6.45) is 2.76. The highest BCUT2D eigenvalue weighted by atomic mass is 16.1. The molecular weight excluding hydrogens is 300 g/mol. The molecule has 2 aromatic heterocycles. The second-order valence-corrected chi connectivity index (χ2v) is 6.28. The third-order valence-electron chi connectivity index (χ3n) is 4.69. The summed E-state index contributed by atoms with van der Waals surface area (Å²) in [5, 5.41) is 3.49. The van der Waals surface area contributed by atoms with Crippen LogP contribution in [0, 0.1) is 0 Å². The van der Waals surface area contributed by atoms with Gasteiger partial charge in [0.25, 0.3) is 5.56 Å². The van der Waals surface area contributed by atoms with E-state index in [0.29, 0.717) is 11.5 Å². The van der Waals surface area contributed by atoms with E-state index in [1.807, 2.05) is 24.3 Å². The van der Waals surface area contributed by atoms with Gasteiger partial charge in [-0.2, -0.15) is 0 Å². The summed E-state index contributed by atoms with van der Waals surface area (Å²) in [5.41, 5.74) is 1.88. The predicted octanol–water partition coefficient (Wildman–Crippen LogP) is 2.55. The summed E-state index contributed by atoms with van der Waals surface area (Å²) in [7, 11) is 2.14. The van der Waals surface area contributed by atoms with Gasteiger partial charge >= 0.3 is 0 Å². The lowest BCUT2D eigenvalue weighted by molar-refractivity contribution is 0.309. The van der Waals surface area contributed by atoms with Crippen molar-refractivity contribution in [2.24, 2.45) is 0 Å². The van der Waals surface area contributed by atoms with Gasteiger partial charge in [0.1, 0.15) is 11.5 Å². The number of likely N-dealkylation sites (tertiary alicyclic amines) is 1. The summed E-state index contributed by atoms with van der Waals surface area (Å²) in [5.74, 6) is 0.646. The molecule has 0 radical (unpaired) electrons. The SMILES string of the molecule is CN1CC[C@@H](Nc2cc(=O)n3ccccc3n2)[C@@H]1c1ccccc1. The van der Waals surface area contributed by atoms with Crippen molar-refractivity contribution in [3.63, 3.8) is 0 Å². The number of hydrogen-bond acceptors (Lipinski definition) is 4. The van der Waals surface area contributed by atoms with Crippen LogP contribution >= 0.6 is 0 Å². The molecule has 0 aliphatic carbocycles. The molecule has 24 heavy (non-hydrogen) atoms. The van der Waals surface area contributed by atoms with Crippen LogP contribution in [0.25, 0.3) is 5.65 Å². The second kappa shape index (κ2) is 6.09. The van der Waals surface area contributed by atoms with Gasteiger partial charge in [-0.15, -0.1) is 0 Å².